The molecule has 1 nitrogen and oxygen atoms in total. The third kappa shape index (κ3) is 1.20. The lowest BCUT2D eigenvalue weighted by Crippen LogP contribution is -2.29. The fourth-order valence-electron chi connectivity index (χ4n) is 3.01. The molecule has 0 bridgehead atoms. The van der Waals surface area contributed by atoms with Crippen LogP contribution in [-0.4, -0.2) is 6.04 Å². The van der Waals surface area contributed by atoms with Gasteiger partial charge in [0.25, 0.3) is 0 Å². The van der Waals surface area contributed by atoms with Gasteiger partial charge >= 0.3 is 0 Å². The first kappa shape index (κ1) is 7.60. The van der Waals surface area contributed by atoms with Gasteiger partial charge in [-0.3, -0.25) is 0 Å². The molecule has 3 atom stereocenters. The Morgan fingerprint density at radius 1 is 1.45 bits per heavy atom. The van der Waals surface area contributed by atoms with Gasteiger partial charge in [-0.05, 0) is 37.0 Å². The van der Waals surface area contributed by atoms with Crippen molar-refractivity contribution in [1.29, 1.82) is 0 Å². The molecule has 11 heavy (non-hydrogen) atoms. The second kappa shape index (κ2) is 2.48. The van der Waals surface area contributed by atoms with Gasteiger partial charge in [0.15, 0.2) is 0 Å². The molecule has 1 spiro atoms. The Morgan fingerprint density at radius 2 is 2.27 bits per heavy atom. The summed E-state index contributed by atoms with van der Waals surface area (Å²) in [5.41, 5.74) is 6.71. The van der Waals surface area contributed by atoms with Crippen molar-refractivity contribution < 1.29 is 0 Å². The van der Waals surface area contributed by atoms with Crippen molar-refractivity contribution in [2.24, 2.45) is 17.1 Å². The molecule has 0 aromatic heterocycles. The molecule has 0 radical (unpaired) electrons. The van der Waals surface area contributed by atoms with Crippen LogP contribution in [-0.2, 0) is 0 Å². The van der Waals surface area contributed by atoms with E-state index in [9.17, 15) is 0 Å². The van der Waals surface area contributed by atoms with E-state index in [1.54, 1.807) is 0 Å². The Kier molecular flexibility index (Phi) is 1.71. The predicted octanol–water partition coefficient (Wildman–Crippen LogP) is 2.30. The van der Waals surface area contributed by atoms with Crippen LogP contribution in [0.25, 0.3) is 0 Å². The summed E-state index contributed by atoms with van der Waals surface area (Å²) >= 11 is 0. The maximum Gasteiger partial charge on any atom is 0.00442 e. The van der Waals surface area contributed by atoms with E-state index in [-0.39, 0.29) is 0 Å². The summed E-state index contributed by atoms with van der Waals surface area (Å²) in [7, 11) is 0. The van der Waals surface area contributed by atoms with E-state index >= 15 is 0 Å². The van der Waals surface area contributed by atoms with Gasteiger partial charge in [0.2, 0.25) is 0 Å². The van der Waals surface area contributed by atoms with Gasteiger partial charge < -0.3 is 5.73 Å². The highest BCUT2D eigenvalue weighted by atomic mass is 14.7. The lowest BCUT2D eigenvalue weighted by atomic mass is 9.81. The lowest BCUT2D eigenvalue weighted by Gasteiger charge is -2.27. The van der Waals surface area contributed by atoms with Crippen LogP contribution in [0.15, 0.2) is 0 Å². The molecule has 2 saturated carbocycles. The summed E-state index contributed by atoms with van der Waals surface area (Å²) in [6, 6.07) is 0.528. The summed E-state index contributed by atoms with van der Waals surface area (Å²) in [4.78, 5) is 0. The molecule has 2 N–H and O–H groups in total. The van der Waals surface area contributed by atoms with Crippen LogP contribution < -0.4 is 5.73 Å². The monoisotopic (exact) mass is 153 g/mol. The summed E-state index contributed by atoms with van der Waals surface area (Å²) < 4.78 is 0. The zero-order chi connectivity index (χ0) is 7.90. The first-order chi connectivity index (χ1) is 5.27. The SMILES string of the molecule is CCC1C[C@@]12CCCC(N)C2. The van der Waals surface area contributed by atoms with E-state index in [4.69, 9.17) is 5.73 Å². The Labute approximate surface area is 69.4 Å². The van der Waals surface area contributed by atoms with E-state index < -0.39 is 0 Å². The third-order valence-electron chi connectivity index (χ3n) is 3.77. The van der Waals surface area contributed by atoms with Crippen LogP contribution in [0.4, 0.5) is 0 Å². The van der Waals surface area contributed by atoms with E-state index in [2.05, 4.69) is 6.92 Å². The van der Waals surface area contributed by atoms with Gasteiger partial charge in [-0.2, -0.15) is 0 Å². The molecule has 0 heterocycles. The first-order valence-corrected chi connectivity index (χ1v) is 5.02. The highest BCUT2D eigenvalue weighted by Crippen LogP contribution is 2.62. The summed E-state index contributed by atoms with van der Waals surface area (Å²) in [6.07, 6.45) is 8.32. The van der Waals surface area contributed by atoms with Gasteiger partial charge in [-0.1, -0.05) is 19.8 Å². The molecule has 0 aromatic carbocycles. The number of nitrogens with two attached hydrogens (primary N) is 1. The molecule has 2 fully saturated rings. The van der Waals surface area contributed by atoms with Crippen LogP contribution >= 0.6 is 0 Å². The Morgan fingerprint density at radius 3 is 2.82 bits per heavy atom. The molecule has 1 heteroatoms. The quantitative estimate of drug-likeness (QED) is 0.614. The Bertz CT molecular complexity index is 155. The molecular weight excluding hydrogens is 134 g/mol. The fourth-order valence-corrected chi connectivity index (χ4v) is 3.01. The van der Waals surface area contributed by atoms with Crippen molar-refractivity contribution in [2.75, 3.05) is 0 Å². The largest absolute Gasteiger partial charge is 0.328 e. The summed E-state index contributed by atoms with van der Waals surface area (Å²) in [6.45, 7) is 2.32. The average Bonchev–Trinajstić information content (AvgIpc) is 2.63. The normalized spacial score (nSPS) is 49.6. The van der Waals surface area contributed by atoms with Gasteiger partial charge in [-0.25, -0.2) is 0 Å². The van der Waals surface area contributed by atoms with Crippen molar-refractivity contribution in [1.82, 2.24) is 0 Å². The van der Waals surface area contributed by atoms with Crippen LogP contribution in [0, 0.1) is 11.3 Å². The second-order valence-corrected chi connectivity index (χ2v) is 4.53. The molecular formula is C10H19N. The van der Waals surface area contributed by atoms with Crippen LogP contribution in [0.1, 0.15) is 45.4 Å². The maximum absolute atomic E-state index is 5.97. The fraction of sp³-hybridized carbons (Fsp3) is 1.00. The van der Waals surface area contributed by atoms with Crippen LogP contribution in [0.3, 0.4) is 0 Å². The molecule has 64 valence electrons. The van der Waals surface area contributed by atoms with Gasteiger partial charge in [0.1, 0.15) is 0 Å². The van der Waals surface area contributed by atoms with Gasteiger partial charge in [0, 0.05) is 6.04 Å². The van der Waals surface area contributed by atoms with Crippen molar-refractivity contribution in [3.05, 3.63) is 0 Å². The Balaban J connectivity index is 1.95. The van der Waals surface area contributed by atoms with E-state index in [1.807, 2.05) is 0 Å². The molecule has 0 saturated heterocycles. The highest BCUT2D eigenvalue weighted by Gasteiger charge is 2.53. The zero-order valence-electron chi connectivity index (χ0n) is 7.47. The minimum absolute atomic E-state index is 0.528. The number of rotatable bonds is 1. The van der Waals surface area contributed by atoms with Crippen LogP contribution in [0.5, 0.6) is 0 Å². The van der Waals surface area contributed by atoms with Crippen molar-refractivity contribution >= 4 is 0 Å². The lowest BCUT2D eigenvalue weighted by molar-refractivity contribution is 0.275. The molecule has 0 amide bonds. The third-order valence-corrected chi connectivity index (χ3v) is 3.77. The maximum atomic E-state index is 5.97. The molecule has 2 aliphatic rings. The summed E-state index contributed by atoms with van der Waals surface area (Å²) in [5, 5.41) is 0. The standard InChI is InChI=1S/C10H19N/c1-2-8-6-10(8)5-3-4-9(11)7-10/h8-9H,2-7,11H2,1H3/t8?,9?,10-/m1/s1. The highest BCUT2D eigenvalue weighted by molar-refractivity contribution is 5.04. The number of hydrogen-bond acceptors (Lipinski definition) is 1. The average molecular weight is 153 g/mol. The Hall–Kier alpha value is -0.0400. The van der Waals surface area contributed by atoms with Gasteiger partial charge in [-0.15, -0.1) is 0 Å². The first-order valence-electron chi connectivity index (χ1n) is 5.02. The van der Waals surface area contributed by atoms with Gasteiger partial charge in [0.05, 0.1) is 0 Å². The molecule has 2 rings (SSSR count). The zero-order valence-corrected chi connectivity index (χ0v) is 7.47. The second-order valence-electron chi connectivity index (χ2n) is 4.53. The van der Waals surface area contributed by atoms with Crippen molar-refractivity contribution in [3.63, 3.8) is 0 Å². The van der Waals surface area contributed by atoms with E-state index in [1.165, 1.54) is 38.5 Å². The number of hydrogen-bond donors (Lipinski definition) is 1. The predicted molar refractivity (Wildman–Crippen MR) is 47.3 cm³/mol. The minimum atomic E-state index is 0.528. The topological polar surface area (TPSA) is 26.0 Å². The minimum Gasteiger partial charge on any atom is -0.328 e. The smallest absolute Gasteiger partial charge is 0.00442 e. The summed E-state index contributed by atoms with van der Waals surface area (Å²) in [5.74, 6) is 1.04. The molecule has 0 aromatic rings. The van der Waals surface area contributed by atoms with Crippen molar-refractivity contribution in [3.8, 4) is 0 Å². The molecule has 2 unspecified atom stereocenters. The van der Waals surface area contributed by atoms with Crippen LogP contribution in [0.2, 0.25) is 0 Å². The van der Waals surface area contributed by atoms with E-state index in [0.29, 0.717) is 6.04 Å². The van der Waals surface area contributed by atoms with E-state index in [0.717, 1.165) is 11.3 Å². The molecule has 2 aliphatic carbocycles. The van der Waals surface area contributed by atoms with Crippen molar-refractivity contribution in [2.45, 2.75) is 51.5 Å². The molecule has 0 aliphatic heterocycles.